The van der Waals surface area contributed by atoms with E-state index in [0.717, 1.165) is 22.8 Å². The topological polar surface area (TPSA) is 50.9 Å². The molecule has 2 rings (SSSR count). The summed E-state index contributed by atoms with van der Waals surface area (Å²) in [4.78, 5) is 4.29. The van der Waals surface area contributed by atoms with Crippen molar-refractivity contribution in [3.8, 4) is 0 Å². The number of aliphatic hydroxyl groups is 1. The SMILES string of the molecule is CCc1nn(C)c(CC(O)c2csc(C)n2)c1Cl. The Labute approximate surface area is 115 Å². The zero-order valence-corrected chi connectivity index (χ0v) is 12.2. The Kier molecular flexibility index (Phi) is 4.04. The summed E-state index contributed by atoms with van der Waals surface area (Å²) in [5.41, 5.74) is 2.43. The van der Waals surface area contributed by atoms with Gasteiger partial charge in [0.05, 0.1) is 27.1 Å². The predicted molar refractivity (Wildman–Crippen MR) is 73.1 cm³/mol. The Balaban J connectivity index is 2.21. The minimum atomic E-state index is -0.632. The second kappa shape index (κ2) is 5.38. The monoisotopic (exact) mass is 285 g/mol. The van der Waals surface area contributed by atoms with Crippen LogP contribution in [-0.4, -0.2) is 19.9 Å². The Morgan fingerprint density at radius 1 is 1.56 bits per heavy atom. The highest BCUT2D eigenvalue weighted by atomic mass is 35.5. The molecule has 18 heavy (non-hydrogen) atoms. The number of aryl methyl sites for hydroxylation is 3. The number of aliphatic hydroxyl groups excluding tert-OH is 1. The lowest BCUT2D eigenvalue weighted by Crippen LogP contribution is -2.07. The normalized spacial score (nSPS) is 12.9. The quantitative estimate of drug-likeness (QED) is 0.940. The molecular weight excluding hydrogens is 270 g/mol. The molecule has 6 heteroatoms. The minimum absolute atomic E-state index is 0.436. The lowest BCUT2D eigenvalue weighted by molar-refractivity contribution is 0.171. The number of hydrogen-bond acceptors (Lipinski definition) is 4. The maximum atomic E-state index is 10.2. The molecule has 0 saturated carbocycles. The van der Waals surface area contributed by atoms with Gasteiger partial charge in [0, 0.05) is 18.8 Å². The third-order valence-corrected chi connectivity index (χ3v) is 4.10. The molecule has 98 valence electrons. The maximum absolute atomic E-state index is 10.2. The largest absolute Gasteiger partial charge is 0.386 e. The van der Waals surface area contributed by atoms with Crippen molar-refractivity contribution in [2.75, 3.05) is 0 Å². The van der Waals surface area contributed by atoms with E-state index < -0.39 is 6.10 Å². The van der Waals surface area contributed by atoms with Gasteiger partial charge in [-0.2, -0.15) is 5.10 Å². The van der Waals surface area contributed by atoms with Crippen molar-refractivity contribution < 1.29 is 5.11 Å². The number of thiazole rings is 1. The molecule has 0 fully saturated rings. The summed E-state index contributed by atoms with van der Waals surface area (Å²) in [7, 11) is 1.85. The van der Waals surface area contributed by atoms with Crippen molar-refractivity contribution in [1.29, 1.82) is 0 Å². The van der Waals surface area contributed by atoms with Gasteiger partial charge in [0.2, 0.25) is 0 Å². The van der Waals surface area contributed by atoms with E-state index in [2.05, 4.69) is 10.1 Å². The van der Waals surface area contributed by atoms with Gasteiger partial charge in [-0.25, -0.2) is 4.98 Å². The van der Waals surface area contributed by atoms with Crippen LogP contribution in [0.1, 0.15) is 35.1 Å². The summed E-state index contributed by atoms with van der Waals surface area (Å²) in [6.07, 6.45) is 0.594. The highest BCUT2D eigenvalue weighted by Gasteiger charge is 2.19. The molecule has 1 N–H and O–H groups in total. The first-order valence-electron chi connectivity index (χ1n) is 5.83. The summed E-state index contributed by atoms with van der Waals surface area (Å²) < 4.78 is 1.74. The molecule has 0 aliphatic carbocycles. The highest BCUT2D eigenvalue weighted by molar-refractivity contribution is 7.09. The molecule has 4 nitrogen and oxygen atoms in total. The van der Waals surface area contributed by atoms with Crippen LogP contribution in [0.5, 0.6) is 0 Å². The van der Waals surface area contributed by atoms with E-state index in [-0.39, 0.29) is 0 Å². The lowest BCUT2D eigenvalue weighted by atomic mass is 10.1. The van der Waals surface area contributed by atoms with Crippen molar-refractivity contribution in [2.45, 2.75) is 32.8 Å². The van der Waals surface area contributed by atoms with Gasteiger partial charge in [0.15, 0.2) is 0 Å². The Morgan fingerprint density at radius 2 is 2.28 bits per heavy atom. The zero-order chi connectivity index (χ0) is 13.3. The van der Waals surface area contributed by atoms with Crippen LogP contribution in [0.3, 0.4) is 0 Å². The Morgan fingerprint density at radius 3 is 2.78 bits per heavy atom. The van der Waals surface area contributed by atoms with Crippen LogP contribution in [0.2, 0.25) is 5.02 Å². The average Bonchev–Trinajstić information content (AvgIpc) is 2.87. The van der Waals surface area contributed by atoms with E-state index in [4.69, 9.17) is 11.6 Å². The van der Waals surface area contributed by atoms with Crippen LogP contribution in [0, 0.1) is 6.92 Å². The fourth-order valence-corrected chi connectivity index (χ4v) is 2.89. The number of aromatic nitrogens is 3. The number of halogens is 1. The predicted octanol–water partition coefficient (Wildman–Crippen LogP) is 2.68. The second-order valence-electron chi connectivity index (χ2n) is 4.20. The van der Waals surface area contributed by atoms with Gasteiger partial charge in [-0.3, -0.25) is 4.68 Å². The van der Waals surface area contributed by atoms with E-state index in [1.54, 1.807) is 4.68 Å². The smallest absolute Gasteiger partial charge is 0.102 e. The molecule has 0 aromatic carbocycles. The summed E-state index contributed by atoms with van der Waals surface area (Å²) in [6, 6.07) is 0. The molecule has 0 bridgehead atoms. The van der Waals surface area contributed by atoms with Crippen molar-refractivity contribution in [1.82, 2.24) is 14.8 Å². The van der Waals surface area contributed by atoms with Crippen LogP contribution < -0.4 is 0 Å². The third-order valence-electron chi connectivity index (χ3n) is 2.87. The van der Waals surface area contributed by atoms with Gasteiger partial charge >= 0.3 is 0 Å². The van der Waals surface area contributed by atoms with Crippen molar-refractivity contribution in [3.63, 3.8) is 0 Å². The maximum Gasteiger partial charge on any atom is 0.102 e. The Bertz CT molecular complexity index is 550. The van der Waals surface area contributed by atoms with E-state index in [0.29, 0.717) is 17.1 Å². The van der Waals surface area contributed by atoms with E-state index in [1.807, 2.05) is 26.3 Å². The zero-order valence-electron chi connectivity index (χ0n) is 10.6. The van der Waals surface area contributed by atoms with Crippen LogP contribution in [0.4, 0.5) is 0 Å². The minimum Gasteiger partial charge on any atom is -0.386 e. The average molecular weight is 286 g/mol. The molecule has 0 spiro atoms. The fraction of sp³-hybridized carbons (Fsp3) is 0.500. The van der Waals surface area contributed by atoms with E-state index in [9.17, 15) is 5.11 Å². The molecular formula is C12H16ClN3OS. The summed E-state index contributed by atoms with van der Waals surface area (Å²) >= 11 is 7.79. The molecule has 2 heterocycles. The van der Waals surface area contributed by atoms with Gasteiger partial charge in [0.25, 0.3) is 0 Å². The van der Waals surface area contributed by atoms with Crippen molar-refractivity contribution in [2.24, 2.45) is 7.05 Å². The molecule has 0 aliphatic rings. The van der Waals surface area contributed by atoms with Crippen molar-refractivity contribution in [3.05, 3.63) is 32.5 Å². The van der Waals surface area contributed by atoms with Crippen LogP contribution in [0.25, 0.3) is 0 Å². The number of hydrogen-bond donors (Lipinski definition) is 1. The van der Waals surface area contributed by atoms with Gasteiger partial charge in [0.1, 0.15) is 6.10 Å². The molecule has 0 radical (unpaired) electrons. The molecule has 0 amide bonds. The Hall–Kier alpha value is -0.910. The standard InChI is InChI=1S/C12H16ClN3OS/c1-4-8-12(13)10(16(3)15-8)5-11(17)9-6-18-7(2)14-9/h6,11,17H,4-5H2,1-3H3. The lowest BCUT2D eigenvalue weighted by Gasteiger charge is -2.08. The van der Waals surface area contributed by atoms with Crippen LogP contribution in [-0.2, 0) is 19.9 Å². The number of rotatable bonds is 4. The molecule has 2 aromatic rings. The van der Waals surface area contributed by atoms with Gasteiger partial charge in [-0.15, -0.1) is 11.3 Å². The summed E-state index contributed by atoms with van der Waals surface area (Å²) in [5.74, 6) is 0. The van der Waals surface area contributed by atoms with Gasteiger partial charge < -0.3 is 5.11 Å². The highest BCUT2D eigenvalue weighted by Crippen LogP contribution is 2.26. The van der Waals surface area contributed by atoms with E-state index in [1.165, 1.54) is 11.3 Å². The van der Waals surface area contributed by atoms with Crippen LogP contribution >= 0.6 is 22.9 Å². The second-order valence-corrected chi connectivity index (χ2v) is 5.64. The summed E-state index contributed by atoms with van der Waals surface area (Å²) in [6.45, 7) is 3.94. The fourth-order valence-electron chi connectivity index (χ4n) is 1.86. The first-order valence-corrected chi connectivity index (χ1v) is 7.09. The molecule has 1 atom stereocenters. The summed E-state index contributed by atoms with van der Waals surface area (Å²) in [5, 5.41) is 18.0. The van der Waals surface area contributed by atoms with E-state index >= 15 is 0 Å². The van der Waals surface area contributed by atoms with Crippen molar-refractivity contribution >= 4 is 22.9 Å². The molecule has 1 unspecified atom stereocenters. The third kappa shape index (κ3) is 2.58. The number of nitrogens with zero attached hydrogens (tertiary/aromatic N) is 3. The molecule has 0 saturated heterocycles. The molecule has 2 aromatic heterocycles. The first-order chi connectivity index (χ1) is 8.52. The molecule has 0 aliphatic heterocycles. The van der Waals surface area contributed by atoms with Gasteiger partial charge in [-0.1, -0.05) is 18.5 Å². The first kappa shape index (κ1) is 13.5. The van der Waals surface area contributed by atoms with Gasteiger partial charge in [-0.05, 0) is 13.3 Å². The van der Waals surface area contributed by atoms with Crippen LogP contribution in [0.15, 0.2) is 5.38 Å².